The third-order valence-corrected chi connectivity index (χ3v) is 6.96. The molecule has 0 radical (unpaired) electrons. The highest BCUT2D eigenvalue weighted by Gasteiger charge is 2.25. The molecule has 0 bridgehead atoms. The van der Waals surface area contributed by atoms with Crippen molar-refractivity contribution in [1.29, 1.82) is 0 Å². The number of aromatic nitrogens is 1. The van der Waals surface area contributed by atoms with E-state index in [9.17, 15) is 0 Å². The molecule has 0 amide bonds. The molecule has 184 valence electrons. The zero-order chi connectivity index (χ0) is 26.0. The van der Waals surface area contributed by atoms with Gasteiger partial charge in [-0.2, -0.15) is 0 Å². The summed E-state index contributed by atoms with van der Waals surface area (Å²) in [6, 6.07) is 32.0. The Balaban J connectivity index is 1.59. The molecular weight excluding hydrogens is 448 g/mol. The summed E-state index contributed by atoms with van der Waals surface area (Å²) in [7, 11) is 0. The van der Waals surface area contributed by atoms with Crippen molar-refractivity contribution in [2.75, 3.05) is 6.54 Å². The number of benzene rings is 3. The molecule has 4 aromatic rings. The van der Waals surface area contributed by atoms with Crippen molar-refractivity contribution in [3.8, 4) is 22.4 Å². The van der Waals surface area contributed by atoms with Crippen molar-refractivity contribution in [3.63, 3.8) is 0 Å². The molecule has 1 aliphatic heterocycles. The summed E-state index contributed by atoms with van der Waals surface area (Å²) in [5.41, 5.74) is 11.4. The summed E-state index contributed by atoms with van der Waals surface area (Å²) in [6.45, 7) is 14.3. The molecule has 0 fully saturated rings. The lowest BCUT2D eigenvalue weighted by atomic mass is 9.83. The quantitative estimate of drug-likeness (QED) is 0.282. The second-order valence-electron chi connectivity index (χ2n) is 10.7. The van der Waals surface area contributed by atoms with Crippen molar-refractivity contribution in [3.05, 3.63) is 138 Å². The predicted molar refractivity (Wildman–Crippen MR) is 158 cm³/mol. The highest BCUT2D eigenvalue weighted by atomic mass is 15.1. The topological polar surface area (TPSA) is 16.1 Å². The van der Waals surface area contributed by atoms with Gasteiger partial charge in [0.05, 0.1) is 5.69 Å². The van der Waals surface area contributed by atoms with Crippen LogP contribution in [0.15, 0.2) is 121 Å². The molecule has 1 aliphatic rings. The molecule has 2 heterocycles. The zero-order valence-corrected chi connectivity index (χ0v) is 22.2. The smallest absolute Gasteiger partial charge is 0.0708 e. The maximum absolute atomic E-state index is 4.72. The second kappa shape index (κ2) is 10.1. The molecule has 0 N–H and O–H groups in total. The minimum absolute atomic E-state index is 0.0550. The molecule has 5 rings (SSSR count). The number of allylic oxidation sites excluding steroid dienone is 2. The van der Waals surface area contributed by atoms with Crippen LogP contribution in [-0.2, 0) is 0 Å². The van der Waals surface area contributed by atoms with Gasteiger partial charge in [-0.05, 0) is 58.4 Å². The first-order valence-corrected chi connectivity index (χ1v) is 12.9. The lowest BCUT2D eigenvalue weighted by Gasteiger charge is -2.35. The fourth-order valence-corrected chi connectivity index (χ4v) is 4.81. The highest BCUT2D eigenvalue weighted by molar-refractivity contribution is 5.85. The summed E-state index contributed by atoms with van der Waals surface area (Å²) < 4.78 is 0. The molecule has 0 saturated heterocycles. The first-order chi connectivity index (χ1) is 17.8. The van der Waals surface area contributed by atoms with E-state index in [0.29, 0.717) is 0 Å². The van der Waals surface area contributed by atoms with Crippen LogP contribution in [0.25, 0.3) is 33.8 Å². The van der Waals surface area contributed by atoms with Crippen molar-refractivity contribution >= 4 is 11.4 Å². The predicted octanol–water partition coefficient (Wildman–Crippen LogP) is 9.02. The largest absolute Gasteiger partial charge is 0.337 e. The number of hydrogen-bond acceptors (Lipinski definition) is 2. The van der Waals surface area contributed by atoms with E-state index in [4.69, 9.17) is 4.98 Å². The van der Waals surface area contributed by atoms with Crippen LogP contribution in [-0.4, -0.2) is 16.4 Å². The fourth-order valence-electron chi connectivity index (χ4n) is 4.81. The van der Waals surface area contributed by atoms with Gasteiger partial charge in [0.25, 0.3) is 0 Å². The summed E-state index contributed by atoms with van der Waals surface area (Å²) in [4.78, 5) is 7.06. The third-order valence-electron chi connectivity index (χ3n) is 6.96. The third kappa shape index (κ3) is 5.20. The minimum atomic E-state index is 0.0550. The Morgan fingerprint density at radius 3 is 2.24 bits per heavy atom. The number of hydrogen-bond donors (Lipinski definition) is 0. The summed E-state index contributed by atoms with van der Waals surface area (Å²) in [5, 5.41) is 0. The Bertz CT molecular complexity index is 1480. The highest BCUT2D eigenvalue weighted by Crippen LogP contribution is 2.39. The molecule has 0 saturated carbocycles. The van der Waals surface area contributed by atoms with E-state index >= 15 is 0 Å². The Labute approximate surface area is 221 Å². The molecule has 37 heavy (non-hydrogen) atoms. The lowest BCUT2D eigenvalue weighted by Crippen LogP contribution is -2.26. The van der Waals surface area contributed by atoms with Crippen LogP contribution in [0.2, 0.25) is 0 Å². The van der Waals surface area contributed by atoms with E-state index < -0.39 is 0 Å². The Kier molecular flexibility index (Phi) is 6.67. The number of aryl methyl sites for hydroxylation is 1. The van der Waals surface area contributed by atoms with E-state index in [1.165, 1.54) is 28.0 Å². The van der Waals surface area contributed by atoms with Crippen molar-refractivity contribution in [2.24, 2.45) is 5.41 Å². The van der Waals surface area contributed by atoms with Crippen LogP contribution in [0.3, 0.4) is 0 Å². The van der Waals surface area contributed by atoms with Crippen LogP contribution in [0.1, 0.15) is 37.5 Å². The molecular formula is C35H34N2. The van der Waals surface area contributed by atoms with Crippen molar-refractivity contribution in [2.45, 2.75) is 27.7 Å². The van der Waals surface area contributed by atoms with Gasteiger partial charge in [0.15, 0.2) is 0 Å². The maximum Gasteiger partial charge on any atom is 0.0708 e. The van der Waals surface area contributed by atoms with Crippen LogP contribution in [0.5, 0.6) is 0 Å². The van der Waals surface area contributed by atoms with Gasteiger partial charge in [0.1, 0.15) is 0 Å². The van der Waals surface area contributed by atoms with Gasteiger partial charge in [0.2, 0.25) is 0 Å². The number of nitrogens with zero attached hydrogens (tertiary/aromatic N) is 2. The molecule has 3 aromatic carbocycles. The van der Waals surface area contributed by atoms with Gasteiger partial charge in [-0.1, -0.05) is 112 Å². The molecule has 0 aliphatic carbocycles. The maximum atomic E-state index is 4.72. The van der Waals surface area contributed by atoms with E-state index in [0.717, 1.165) is 34.6 Å². The fraction of sp³-hybridized carbons (Fsp3) is 0.171. The van der Waals surface area contributed by atoms with Crippen LogP contribution in [0, 0.1) is 12.3 Å². The molecule has 2 nitrogen and oxygen atoms in total. The van der Waals surface area contributed by atoms with Crippen molar-refractivity contribution in [1.82, 2.24) is 9.88 Å². The Morgan fingerprint density at radius 2 is 1.51 bits per heavy atom. The number of pyridine rings is 1. The minimum Gasteiger partial charge on any atom is -0.337 e. The summed E-state index contributed by atoms with van der Waals surface area (Å²) in [6.07, 6.45) is 6.60. The normalized spacial score (nSPS) is 13.7. The second-order valence-corrected chi connectivity index (χ2v) is 10.7. The molecule has 2 heteroatoms. The van der Waals surface area contributed by atoms with Gasteiger partial charge < -0.3 is 4.90 Å². The first kappa shape index (κ1) is 24.5. The zero-order valence-electron chi connectivity index (χ0n) is 22.2. The molecule has 0 spiro atoms. The summed E-state index contributed by atoms with van der Waals surface area (Å²) >= 11 is 0. The van der Waals surface area contributed by atoms with E-state index in [1.54, 1.807) is 0 Å². The van der Waals surface area contributed by atoms with Crippen LogP contribution >= 0.6 is 0 Å². The van der Waals surface area contributed by atoms with E-state index in [-0.39, 0.29) is 5.41 Å². The van der Waals surface area contributed by atoms with Gasteiger partial charge in [0, 0.05) is 35.3 Å². The number of rotatable bonds is 5. The van der Waals surface area contributed by atoms with Gasteiger partial charge >= 0.3 is 0 Å². The molecule has 0 atom stereocenters. The average Bonchev–Trinajstić information content (AvgIpc) is 2.93. The lowest BCUT2D eigenvalue weighted by molar-refractivity contribution is 0.500. The van der Waals surface area contributed by atoms with E-state index in [2.05, 4.69) is 142 Å². The summed E-state index contributed by atoms with van der Waals surface area (Å²) in [5.74, 6) is 0. The molecule has 1 aromatic heterocycles. The average molecular weight is 483 g/mol. The standard InChI is InChI=1S/C35H34N2/c1-25-18-19-33(36-24-25)32-17-10-9-16-31(32)26(2)37-21-20-30(35(3,4)5)23-34(37)29-15-11-14-28(22-29)27-12-7-6-8-13-27/h6-20,22-24H,2,21H2,1,3-5H3. The van der Waals surface area contributed by atoms with Gasteiger partial charge in [-0.25, -0.2) is 0 Å². The van der Waals surface area contributed by atoms with Crippen molar-refractivity contribution < 1.29 is 0 Å². The first-order valence-electron chi connectivity index (χ1n) is 12.9. The van der Waals surface area contributed by atoms with Gasteiger partial charge in [-0.15, -0.1) is 0 Å². The van der Waals surface area contributed by atoms with Crippen LogP contribution < -0.4 is 0 Å². The molecule has 0 unspecified atom stereocenters. The SMILES string of the molecule is C=C(c1ccccc1-c1ccc(C)cn1)N1CC=C(C(C)(C)C)C=C1c1cccc(-c2ccccc2)c1. The van der Waals surface area contributed by atoms with Gasteiger partial charge in [-0.3, -0.25) is 4.98 Å². The van der Waals surface area contributed by atoms with Crippen LogP contribution in [0.4, 0.5) is 0 Å². The van der Waals surface area contributed by atoms with E-state index in [1.807, 2.05) is 6.20 Å². The monoisotopic (exact) mass is 482 g/mol. The Hall–Kier alpha value is -4.17. The Morgan fingerprint density at radius 1 is 0.811 bits per heavy atom.